The van der Waals surface area contributed by atoms with Gasteiger partial charge in [-0.3, -0.25) is 0 Å². The summed E-state index contributed by atoms with van der Waals surface area (Å²) in [6.45, 7) is 6.87. The first kappa shape index (κ1) is 13.0. The van der Waals surface area contributed by atoms with E-state index in [0.29, 0.717) is 5.41 Å². The van der Waals surface area contributed by atoms with E-state index in [1.807, 2.05) is 5.51 Å². The molecule has 0 aromatic carbocycles. The molecule has 1 unspecified atom stereocenters. The Labute approximate surface area is 108 Å². The lowest BCUT2D eigenvalue weighted by Gasteiger charge is -2.37. The normalized spacial score (nSPS) is 25.0. The first-order valence-corrected chi connectivity index (χ1v) is 7.57. The first-order chi connectivity index (χ1) is 8.35. The maximum atomic E-state index is 4.30. The molecule has 0 bridgehead atoms. The Morgan fingerprint density at radius 1 is 1.59 bits per heavy atom. The maximum absolute atomic E-state index is 4.30. The Bertz CT molecular complexity index is 304. The van der Waals surface area contributed by atoms with Gasteiger partial charge in [-0.2, -0.15) is 0 Å². The van der Waals surface area contributed by atoms with Gasteiger partial charge in [0.1, 0.15) is 0 Å². The second-order valence-electron chi connectivity index (χ2n) is 5.04. The van der Waals surface area contributed by atoms with Crippen molar-refractivity contribution in [2.75, 3.05) is 26.2 Å². The molecule has 0 amide bonds. The molecule has 0 saturated carbocycles. The summed E-state index contributed by atoms with van der Waals surface area (Å²) in [5, 5.41) is 9.28. The van der Waals surface area contributed by atoms with Gasteiger partial charge < -0.3 is 10.6 Å². The number of nitrogens with one attached hydrogen (secondary N) is 2. The van der Waals surface area contributed by atoms with Gasteiger partial charge in [-0.25, -0.2) is 4.98 Å². The Morgan fingerprint density at radius 2 is 2.53 bits per heavy atom. The third-order valence-corrected chi connectivity index (χ3v) is 4.49. The summed E-state index contributed by atoms with van der Waals surface area (Å²) in [5.74, 6) is 0. The highest BCUT2D eigenvalue weighted by Crippen LogP contribution is 2.28. The molecule has 1 fully saturated rings. The molecule has 1 aliphatic rings. The van der Waals surface area contributed by atoms with Gasteiger partial charge in [0, 0.05) is 31.4 Å². The Hall–Kier alpha value is -0.450. The Kier molecular flexibility index (Phi) is 4.95. The minimum Gasteiger partial charge on any atom is -0.316 e. The van der Waals surface area contributed by atoms with Crippen molar-refractivity contribution in [2.45, 2.75) is 32.6 Å². The smallest absolute Gasteiger partial charge is 0.0794 e. The third kappa shape index (κ3) is 3.76. The van der Waals surface area contributed by atoms with E-state index in [9.17, 15) is 0 Å². The molecular formula is C13H23N3S. The highest BCUT2D eigenvalue weighted by atomic mass is 32.1. The molecule has 1 saturated heterocycles. The molecule has 1 aromatic heterocycles. The number of rotatable bonds is 6. The van der Waals surface area contributed by atoms with E-state index in [-0.39, 0.29) is 0 Å². The van der Waals surface area contributed by atoms with E-state index < -0.39 is 0 Å². The van der Waals surface area contributed by atoms with Crippen LogP contribution in [0.5, 0.6) is 0 Å². The van der Waals surface area contributed by atoms with Crippen molar-refractivity contribution in [1.29, 1.82) is 0 Å². The number of aromatic nitrogens is 1. The molecule has 0 aliphatic carbocycles. The van der Waals surface area contributed by atoms with E-state index in [2.05, 4.69) is 27.9 Å². The van der Waals surface area contributed by atoms with Crippen LogP contribution in [-0.4, -0.2) is 31.2 Å². The summed E-state index contributed by atoms with van der Waals surface area (Å²) in [7, 11) is 0. The predicted octanol–water partition coefficient (Wildman–Crippen LogP) is 2.05. The van der Waals surface area contributed by atoms with Crippen LogP contribution < -0.4 is 10.6 Å². The highest BCUT2D eigenvalue weighted by molar-refractivity contribution is 7.07. The lowest BCUT2D eigenvalue weighted by molar-refractivity contribution is 0.193. The molecule has 1 atom stereocenters. The number of piperidine rings is 1. The monoisotopic (exact) mass is 253 g/mol. The standard InChI is InChI=1S/C13H23N3S/c1-2-13(5-3-6-14-9-13)10-15-7-4-12-8-17-11-16-12/h8,11,14-15H,2-7,9-10H2,1H3. The Balaban J connectivity index is 1.69. The van der Waals surface area contributed by atoms with E-state index in [4.69, 9.17) is 0 Å². The fourth-order valence-electron chi connectivity index (χ4n) is 2.54. The van der Waals surface area contributed by atoms with Crippen LogP contribution in [-0.2, 0) is 6.42 Å². The van der Waals surface area contributed by atoms with Gasteiger partial charge in [-0.05, 0) is 31.2 Å². The van der Waals surface area contributed by atoms with E-state index in [1.54, 1.807) is 11.3 Å². The van der Waals surface area contributed by atoms with Crippen LogP contribution in [0.2, 0.25) is 0 Å². The molecule has 4 heteroatoms. The van der Waals surface area contributed by atoms with E-state index >= 15 is 0 Å². The topological polar surface area (TPSA) is 37.0 Å². The number of thiazole rings is 1. The quantitative estimate of drug-likeness (QED) is 0.762. The summed E-state index contributed by atoms with van der Waals surface area (Å²) in [5.41, 5.74) is 3.61. The van der Waals surface area contributed by atoms with Gasteiger partial charge in [0.05, 0.1) is 11.2 Å². The number of hydrogen-bond donors (Lipinski definition) is 2. The molecule has 2 N–H and O–H groups in total. The van der Waals surface area contributed by atoms with E-state index in [0.717, 1.165) is 19.5 Å². The van der Waals surface area contributed by atoms with Gasteiger partial charge in [-0.1, -0.05) is 6.92 Å². The molecule has 96 valence electrons. The van der Waals surface area contributed by atoms with Crippen LogP contribution >= 0.6 is 11.3 Å². The predicted molar refractivity (Wildman–Crippen MR) is 73.5 cm³/mol. The van der Waals surface area contributed by atoms with Gasteiger partial charge in [0.25, 0.3) is 0 Å². The van der Waals surface area contributed by atoms with Gasteiger partial charge in [0.15, 0.2) is 0 Å². The van der Waals surface area contributed by atoms with Crippen LogP contribution in [0, 0.1) is 5.41 Å². The van der Waals surface area contributed by atoms with Crippen molar-refractivity contribution < 1.29 is 0 Å². The van der Waals surface area contributed by atoms with Crippen LogP contribution in [0.15, 0.2) is 10.9 Å². The summed E-state index contributed by atoms with van der Waals surface area (Å²) < 4.78 is 0. The molecule has 1 aromatic rings. The third-order valence-electron chi connectivity index (χ3n) is 3.85. The van der Waals surface area contributed by atoms with Crippen LogP contribution in [0.25, 0.3) is 0 Å². The molecule has 2 heterocycles. The summed E-state index contributed by atoms with van der Waals surface area (Å²) in [6.07, 6.45) is 5.00. The molecule has 2 rings (SSSR count). The fraction of sp³-hybridized carbons (Fsp3) is 0.769. The molecule has 1 aliphatic heterocycles. The first-order valence-electron chi connectivity index (χ1n) is 6.63. The molecular weight excluding hydrogens is 230 g/mol. The minimum absolute atomic E-state index is 0.486. The Morgan fingerprint density at radius 3 is 3.18 bits per heavy atom. The molecule has 17 heavy (non-hydrogen) atoms. The van der Waals surface area contributed by atoms with Gasteiger partial charge in [0.2, 0.25) is 0 Å². The van der Waals surface area contributed by atoms with Gasteiger partial charge in [-0.15, -0.1) is 11.3 Å². The maximum Gasteiger partial charge on any atom is 0.0794 e. The second-order valence-corrected chi connectivity index (χ2v) is 5.76. The van der Waals surface area contributed by atoms with Gasteiger partial charge >= 0.3 is 0 Å². The molecule has 0 spiro atoms. The summed E-state index contributed by atoms with van der Waals surface area (Å²) >= 11 is 1.68. The van der Waals surface area contributed by atoms with Crippen molar-refractivity contribution in [3.63, 3.8) is 0 Å². The highest BCUT2D eigenvalue weighted by Gasteiger charge is 2.29. The molecule has 0 radical (unpaired) electrons. The van der Waals surface area contributed by atoms with Crippen LogP contribution in [0.3, 0.4) is 0 Å². The zero-order chi connectivity index (χ0) is 12.0. The molecule has 3 nitrogen and oxygen atoms in total. The lowest BCUT2D eigenvalue weighted by Crippen LogP contribution is -2.46. The van der Waals surface area contributed by atoms with Crippen molar-refractivity contribution in [3.8, 4) is 0 Å². The summed E-state index contributed by atoms with van der Waals surface area (Å²) in [6, 6.07) is 0. The average Bonchev–Trinajstić information content (AvgIpc) is 2.89. The van der Waals surface area contributed by atoms with Crippen molar-refractivity contribution >= 4 is 11.3 Å². The van der Waals surface area contributed by atoms with Crippen molar-refractivity contribution in [2.24, 2.45) is 5.41 Å². The van der Waals surface area contributed by atoms with Crippen molar-refractivity contribution in [3.05, 3.63) is 16.6 Å². The zero-order valence-electron chi connectivity index (χ0n) is 10.7. The number of nitrogens with zero attached hydrogens (tertiary/aromatic N) is 1. The largest absolute Gasteiger partial charge is 0.316 e. The number of hydrogen-bond acceptors (Lipinski definition) is 4. The summed E-state index contributed by atoms with van der Waals surface area (Å²) in [4.78, 5) is 4.30. The van der Waals surface area contributed by atoms with Crippen LogP contribution in [0.1, 0.15) is 31.9 Å². The van der Waals surface area contributed by atoms with E-state index in [1.165, 1.54) is 38.0 Å². The fourth-order valence-corrected chi connectivity index (χ4v) is 3.13. The average molecular weight is 253 g/mol. The zero-order valence-corrected chi connectivity index (χ0v) is 11.5. The lowest BCUT2D eigenvalue weighted by atomic mass is 9.78. The minimum atomic E-state index is 0.486. The van der Waals surface area contributed by atoms with Crippen LogP contribution in [0.4, 0.5) is 0 Å². The van der Waals surface area contributed by atoms with Crippen molar-refractivity contribution in [1.82, 2.24) is 15.6 Å². The second kappa shape index (κ2) is 6.47. The SMILES string of the molecule is CCC1(CNCCc2cscn2)CCCNC1.